The molecular weight excluding hydrogens is 244 g/mol. The van der Waals surface area contributed by atoms with Gasteiger partial charge in [-0.25, -0.2) is 0 Å². The molecule has 4 aliphatic rings. The van der Waals surface area contributed by atoms with Crippen LogP contribution < -0.4 is 0 Å². The average molecular weight is 276 g/mol. The molecule has 3 saturated carbocycles. The van der Waals surface area contributed by atoms with Crippen molar-refractivity contribution in [1.29, 1.82) is 0 Å². The Kier molecular flexibility index (Phi) is 2.46. The van der Waals surface area contributed by atoms with Crippen LogP contribution in [0.3, 0.4) is 0 Å². The fraction of sp³-hybridized carbons (Fsp3) is 0.895. The lowest BCUT2D eigenvalue weighted by molar-refractivity contribution is -0.00729. The molecule has 112 valence electrons. The van der Waals surface area contributed by atoms with Crippen molar-refractivity contribution in [3.63, 3.8) is 0 Å². The first-order chi connectivity index (χ1) is 10.3. The third-order valence-corrected chi connectivity index (χ3v) is 7.41. The predicted molar refractivity (Wildman–Crippen MR) is 82.3 cm³/mol. The Hall–Kier alpha value is -0.300. The highest BCUT2D eigenvalue weighted by Gasteiger charge is 2.54. The van der Waals surface area contributed by atoms with Crippen LogP contribution >= 0.6 is 0 Å². The molecule has 0 aromatic rings. The molecule has 0 saturated heterocycles. The topological polar surface area (TPSA) is 20.2 Å². The third kappa shape index (κ3) is 1.71. The summed E-state index contributed by atoms with van der Waals surface area (Å²) in [4.78, 5) is 0. The zero-order chi connectivity index (χ0) is 15.8. The summed E-state index contributed by atoms with van der Waals surface area (Å²) in [7, 11) is 0. The van der Waals surface area contributed by atoms with Crippen molar-refractivity contribution in [2.24, 2.45) is 28.6 Å². The smallest absolute Gasteiger partial charge is 0.0543 e. The minimum Gasteiger partial charge on any atom is -0.393 e. The van der Waals surface area contributed by atoms with Gasteiger partial charge in [0.05, 0.1) is 6.10 Å². The molecule has 0 radical (unpaired) electrons. The van der Waals surface area contributed by atoms with Gasteiger partial charge in [-0.3, -0.25) is 0 Å². The molecule has 20 heavy (non-hydrogen) atoms. The SMILES string of the molecule is [2H]C1([2H])C=C2[C@@H](CC[C@H]3C[C@@H](O)CC[C@]23C)[C@@H]2CCC[C@]21C. The Labute approximate surface area is 126 Å². The highest BCUT2D eigenvalue weighted by atomic mass is 16.3. The number of aliphatic hydroxyl groups excluding tert-OH is 1. The van der Waals surface area contributed by atoms with Gasteiger partial charge in [-0.2, -0.15) is 0 Å². The maximum Gasteiger partial charge on any atom is 0.0543 e. The Bertz CT molecular complexity index is 514. The second kappa shape index (κ2) is 4.35. The molecule has 0 aromatic carbocycles. The van der Waals surface area contributed by atoms with Crippen molar-refractivity contribution in [2.45, 2.75) is 77.7 Å². The summed E-state index contributed by atoms with van der Waals surface area (Å²) in [6.07, 6.45) is 9.51. The summed E-state index contributed by atoms with van der Waals surface area (Å²) in [5.41, 5.74) is 1.42. The second-order valence-corrected chi connectivity index (χ2v) is 8.39. The number of hydrogen-bond donors (Lipinski definition) is 1. The summed E-state index contributed by atoms with van der Waals surface area (Å²) in [6.45, 7) is 4.58. The Morgan fingerprint density at radius 2 is 2.05 bits per heavy atom. The molecule has 0 bridgehead atoms. The molecule has 0 aromatic heterocycles. The fourth-order valence-corrected chi connectivity index (χ4v) is 6.10. The Morgan fingerprint density at radius 3 is 2.90 bits per heavy atom. The summed E-state index contributed by atoms with van der Waals surface area (Å²) in [5, 5.41) is 10.1. The van der Waals surface area contributed by atoms with Crippen molar-refractivity contribution >= 4 is 0 Å². The van der Waals surface area contributed by atoms with Gasteiger partial charge in [0.15, 0.2) is 0 Å². The maximum absolute atomic E-state index is 10.1. The largest absolute Gasteiger partial charge is 0.393 e. The van der Waals surface area contributed by atoms with Crippen molar-refractivity contribution in [2.75, 3.05) is 0 Å². The molecule has 0 unspecified atom stereocenters. The summed E-state index contributed by atoms with van der Waals surface area (Å²) >= 11 is 0. The van der Waals surface area contributed by atoms with E-state index in [1.165, 1.54) is 31.3 Å². The van der Waals surface area contributed by atoms with Crippen molar-refractivity contribution in [3.8, 4) is 0 Å². The fourth-order valence-electron chi connectivity index (χ4n) is 6.10. The first-order valence-electron chi connectivity index (χ1n) is 9.69. The van der Waals surface area contributed by atoms with E-state index in [1.54, 1.807) is 0 Å². The zero-order valence-electron chi connectivity index (χ0n) is 15.0. The van der Waals surface area contributed by atoms with Gasteiger partial charge >= 0.3 is 0 Å². The van der Waals surface area contributed by atoms with Crippen LogP contribution in [0.2, 0.25) is 0 Å². The average Bonchev–Trinajstić information content (AvgIpc) is 2.85. The van der Waals surface area contributed by atoms with Crippen molar-refractivity contribution < 1.29 is 7.85 Å². The van der Waals surface area contributed by atoms with E-state index in [0.717, 1.165) is 25.7 Å². The molecule has 1 N–H and O–H groups in total. The van der Waals surface area contributed by atoms with E-state index in [1.807, 2.05) is 0 Å². The molecule has 4 rings (SSSR count). The van der Waals surface area contributed by atoms with Crippen LogP contribution in [0.4, 0.5) is 0 Å². The summed E-state index contributed by atoms with van der Waals surface area (Å²) in [6, 6.07) is 0. The number of aliphatic hydroxyl groups is 1. The molecule has 0 spiro atoms. The first-order valence-corrected chi connectivity index (χ1v) is 8.69. The van der Waals surface area contributed by atoms with E-state index < -0.39 is 6.37 Å². The van der Waals surface area contributed by atoms with Gasteiger partial charge in [0.25, 0.3) is 0 Å². The van der Waals surface area contributed by atoms with Gasteiger partial charge in [0.2, 0.25) is 0 Å². The number of fused-ring (bicyclic) bond motifs is 5. The minimum absolute atomic E-state index is 0.132. The molecule has 0 amide bonds. The number of allylic oxidation sites excluding steroid dienone is 2. The number of rotatable bonds is 0. The van der Waals surface area contributed by atoms with Crippen LogP contribution in [-0.2, 0) is 0 Å². The highest BCUT2D eigenvalue weighted by molar-refractivity contribution is 5.28. The highest BCUT2D eigenvalue weighted by Crippen LogP contribution is 2.63. The van der Waals surface area contributed by atoms with Gasteiger partial charge < -0.3 is 5.11 Å². The Balaban J connectivity index is 1.79. The van der Waals surface area contributed by atoms with Gasteiger partial charge in [-0.15, -0.1) is 0 Å². The van der Waals surface area contributed by atoms with Crippen molar-refractivity contribution in [1.82, 2.24) is 0 Å². The van der Waals surface area contributed by atoms with Crippen LogP contribution in [0.25, 0.3) is 0 Å². The van der Waals surface area contributed by atoms with Gasteiger partial charge in [0, 0.05) is 2.74 Å². The molecule has 1 nitrogen and oxygen atoms in total. The van der Waals surface area contributed by atoms with E-state index in [4.69, 9.17) is 2.74 Å². The van der Waals surface area contributed by atoms with E-state index >= 15 is 0 Å². The van der Waals surface area contributed by atoms with Gasteiger partial charge in [0.1, 0.15) is 0 Å². The lowest BCUT2D eigenvalue weighted by Gasteiger charge is -2.56. The maximum atomic E-state index is 10.1. The van der Waals surface area contributed by atoms with Crippen LogP contribution in [0.5, 0.6) is 0 Å². The van der Waals surface area contributed by atoms with E-state index in [0.29, 0.717) is 17.8 Å². The molecule has 4 aliphatic carbocycles. The molecular formula is C19H30O. The number of hydrogen-bond acceptors (Lipinski definition) is 1. The third-order valence-electron chi connectivity index (χ3n) is 7.41. The molecule has 0 aliphatic heterocycles. The van der Waals surface area contributed by atoms with Crippen LogP contribution in [0.1, 0.15) is 74.3 Å². The van der Waals surface area contributed by atoms with Crippen LogP contribution in [0.15, 0.2) is 11.6 Å². The summed E-state index contributed by atoms with van der Waals surface area (Å²) in [5.74, 6) is 1.69. The lowest BCUT2D eigenvalue weighted by Crippen LogP contribution is -2.47. The summed E-state index contributed by atoms with van der Waals surface area (Å²) < 4.78 is 17.5. The minimum atomic E-state index is -1.17. The normalized spacial score (nSPS) is 58.6. The second-order valence-electron chi connectivity index (χ2n) is 8.39. The first kappa shape index (κ1) is 11.3. The van der Waals surface area contributed by atoms with Gasteiger partial charge in [-0.1, -0.05) is 31.9 Å². The molecule has 3 fully saturated rings. The van der Waals surface area contributed by atoms with E-state index in [2.05, 4.69) is 19.9 Å². The van der Waals surface area contributed by atoms with E-state index in [-0.39, 0.29) is 16.9 Å². The Morgan fingerprint density at radius 1 is 1.20 bits per heavy atom. The molecule has 0 heterocycles. The quantitative estimate of drug-likeness (QED) is 0.636. The standard InChI is InChI=1S/C19H30O/c1-18-9-3-4-16(18)15-6-5-13-12-14(20)7-11-19(13,2)17(15)8-10-18/h8,13-16,20H,3-7,9-12H2,1-2H3/t13-,14-,15-,16-,18-,19-/m0/s1/i10D2. The van der Waals surface area contributed by atoms with Crippen LogP contribution in [-0.4, -0.2) is 11.2 Å². The predicted octanol–water partition coefficient (Wildman–Crippen LogP) is 4.70. The molecule has 6 atom stereocenters. The van der Waals surface area contributed by atoms with E-state index in [9.17, 15) is 5.11 Å². The lowest BCUT2D eigenvalue weighted by atomic mass is 9.49. The monoisotopic (exact) mass is 276 g/mol. The van der Waals surface area contributed by atoms with Gasteiger partial charge in [-0.05, 0) is 79.9 Å². The molecule has 1 heteroatoms. The van der Waals surface area contributed by atoms with Crippen LogP contribution in [0, 0.1) is 28.6 Å². The van der Waals surface area contributed by atoms with Crippen molar-refractivity contribution in [3.05, 3.63) is 11.6 Å². The zero-order valence-corrected chi connectivity index (χ0v) is 13.0.